The zero-order chi connectivity index (χ0) is 11.4. The second-order valence-corrected chi connectivity index (χ2v) is 3.65. The largest absolute Gasteiger partial charge is 0.465 e. The van der Waals surface area contributed by atoms with Crippen molar-refractivity contribution in [3.63, 3.8) is 0 Å². The Morgan fingerprint density at radius 1 is 1.40 bits per heavy atom. The van der Waals surface area contributed by atoms with Gasteiger partial charge in [-0.1, -0.05) is 15.9 Å². The smallest absolute Gasteiger partial charge is 0.338 e. The van der Waals surface area contributed by atoms with Gasteiger partial charge in [0.05, 0.1) is 12.7 Å². The van der Waals surface area contributed by atoms with Gasteiger partial charge in [0, 0.05) is 5.33 Å². The molecule has 1 aromatic carbocycles. The van der Waals surface area contributed by atoms with Crippen LogP contribution in [0.2, 0.25) is 0 Å². The molecule has 1 aromatic rings. The number of carbonyl (C=O) groups excluding carboxylic acids is 1. The number of aryl methyl sites for hydroxylation is 1. The van der Waals surface area contributed by atoms with Crippen LogP contribution in [-0.4, -0.2) is 18.4 Å². The standard InChI is InChI=1S/C10H9BrF2O2/c1-15-10(14)7-5-9(13)8(12)4-6(7)2-3-11/h4-5H,2-3H2,1H3. The Hall–Kier alpha value is -0.970. The van der Waals surface area contributed by atoms with E-state index in [1.54, 1.807) is 0 Å². The molecule has 82 valence electrons. The van der Waals surface area contributed by atoms with Crippen molar-refractivity contribution in [3.05, 3.63) is 34.9 Å². The van der Waals surface area contributed by atoms with Gasteiger partial charge >= 0.3 is 5.97 Å². The summed E-state index contributed by atoms with van der Waals surface area (Å²) in [4.78, 5) is 11.2. The molecule has 0 aliphatic heterocycles. The molecule has 0 atom stereocenters. The van der Waals surface area contributed by atoms with E-state index in [4.69, 9.17) is 0 Å². The number of carbonyl (C=O) groups is 1. The van der Waals surface area contributed by atoms with Crippen LogP contribution < -0.4 is 0 Å². The quantitative estimate of drug-likeness (QED) is 0.628. The molecule has 0 heterocycles. The van der Waals surface area contributed by atoms with Gasteiger partial charge in [0.1, 0.15) is 0 Å². The maximum Gasteiger partial charge on any atom is 0.338 e. The van der Waals surface area contributed by atoms with E-state index in [1.807, 2.05) is 0 Å². The predicted octanol–water partition coefficient (Wildman–Crippen LogP) is 2.69. The molecule has 0 spiro atoms. The van der Waals surface area contributed by atoms with Crippen LogP contribution in [0.4, 0.5) is 8.78 Å². The molecule has 1 rings (SSSR count). The molecular formula is C10H9BrF2O2. The summed E-state index contributed by atoms with van der Waals surface area (Å²) >= 11 is 3.17. The molecule has 0 saturated heterocycles. The number of benzene rings is 1. The van der Waals surface area contributed by atoms with Gasteiger partial charge in [-0.3, -0.25) is 0 Å². The number of rotatable bonds is 3. The first kappa shape index (κ1) is 12.1. The monoisotopic (exact) mass is 278 g/mol. The third-order valence-corrected chi connectivity index (χ3v) is 2.31. The van der Waals surface area contributed by atoms with Crippen LogP contribution in [0.15, 0.2) is 12.1 Å². The number of esters is 1. The van der Waals surface area contributed by atoms with Crippen molar-refractivity contribution in [3.8, 4) is 0 Å². The second kappa shape index (κ2) is 5.21. The van der Waals surface area contributed by atoms with Crippen LogP contribution in [0.25, 0.3) is 0 Å². The lowest BCUT2D eigenvalue weighted by Crippen LogP contribution is -2.08. The van der Waals surface area contributed by atoms with E-state index in [0.29, 0.717) is 17.3 Å². The summed E-state index contributed by atoms with van der Waals surface area (Å²) in [6.07, 6.45) is 0.432. The lowest BCUT2D eigenvalue weighted by Gasteiger charge is -2.07. The van der Waals surface area contributed by atoms with E-state index in [9.17, 15) is 13.6 Å². The number of methoxy groups -OCH3 is 1. The Morgan fingerprint density at radius 2 is 2.00 bits per heavy atom. The van der Waals surface area contributed by atoms with Gasteiger partial charge < -0.3 is 4.74 Å². The maximum atomic E-state index is 12.9. The molecule has 0 aliphatic carbocycles. The average Bonchev–Trinajstić information content (AvgIpc) is 2.22. The number of alkyl halides is 1. The van der Waals surface area contributed by atoms with Crippen LogP contribution in [0.1, 0.15) is 15.9 Å². The topological polar surface area (TPSA) is 26.3 Å². The summed E-state index contributed by atoms with van der Waals surface area (Å²) in [5.41, 5.74) is 0.494. The highest BCUT2D eigenvalue weighted by Gasteiger charge is 2.15. The fourth-order valence-corrected chi connectivity index (χ4v) is 1.62. The van der Waals surface area contributed by atoms with E-state index in [2.05, 4.69) is 20.7 Å². The highest BCUT2D eigenvalue weighted by atomic mass is 79.9. The van der Waals surface area contributed by atoms with Gasteiger partial charge in [-0.2, -0.15) is 0 Å². The van der Waals surface area contributed by atoms with Crippen molar-refractivity contribution in [2.75, 3.05) is 12.4 Å². The number of halogens is 3. The molecule has 0 aromatic heterocycles. The fraction of sp³-hybridized carbons (Fsp3) is 0.300. The summed E-state index contributed by atoms with van der Waals surface area (Å²) in [6.45, 7) is 0. The Morgan fingerprint density at radius 3 is 2.53 bits per heavy atom. The van der Waals surface area contributed by atoms with E-state index in [1.165, 1.54) is 7.11 Å². The molecule has 5 heteroatoms. The van der Waals surface area contributed by atoms with Crippen molar-refractivity contribution in [2.45, 2.75) is 6.42 Å². The number of ether oxygens (including phenoxy) is 1. The van der Waals surface area contributed by atoms with Crippen molar-refractivity contribution in [2.24, 2.45) is 0 Å². The van der Waals surface area contributed by atoms with E-state index >= 15 is 0 Å². The first-order chi connectivity index (χ1) is 7.10. The molecule has 0 bridgehead atoms. The van der Waals surface area contributed by atoms with Crippen LogP contribution in [0, 0.1) is 11.6 Å². The molecular weight excluding hydrogens is 270 g/mol. The highest BCUT2D eigenvalue weighted by molar-refractivity contribution is 9.09. The zero-order valence-electron chi connectivity index (χ0n) is 8.02. The molecule has 0 N–H and O–H groups in total. The van der Waals surface area contributed by atoms with Gasteiger partial charge in [0.2, 0.25) is 0 Å². The number of hydrogen-bond acceptors (Lipinski definition) is 2. The first-order valence-electron chi connectivity index (χ1n) is 4.22. The fourth-order valence-electron chi connectivity index (χ4n) is 1.20. The molecule has 0 radical (unpaired) electrons. The minimum absolute atomic E-state index is 0.0656. The lowest BCUT2D eigenvalue weighted by molar-refractivity contribution is 0.0599. The second-order valence-electron chi connectivity index (χ2n) is 2.85. The minimum Gasteiger partial charge on any atom is -0.465 e. The van der Waals surface area contributed by atoms with Gasteiger partial charge in [0.25, 0.3) is 0 Å². The van der Waals surface area contributed by atoms with Crippen molar-refractivity contribution in [1.82, 2.24) is 0 Å². The van der Waals surface area contributed by atoms with Gasteiger partial charge in [-0.05, 0) is 24.1 Å². The minimum atomic E-state index is -1.05. The lowest BCUT2D eigenvalue weighted by atomic mass is 10.0. The highest BCUT2D eigenvalue weighted by Crippen LogP contribution is 2.17. The van der Waals surface area contributed by atoms with E-state index < -0.39 is 17.6 Å². The van der Waals surface area contributed by atoms with Crippen LogP contribution in [-0.2, 0) is 11.2 Å². The summed E-state index contributed by atoms with van der Waals surface area (Å²) in [5, 5.41) is 0.558. The molecule has 0 fully saturated rings. The molecule has 0 saturated carbocycles. The Labute approximate surface area is 94.4 Å². The summed E-state index contributed by atoms with van der Waals surface area (Å²) < 4.78 is 30.3. The Balaban J connectivity index is 3.21. The summed E-state index contributed by atoms with van der Waals surface area (Å²) in [5.74, 6) is -2.67. The van der Waals surface area contributed by atoms with Crippen molar-refractivity contribution >= 4 is 21.9 Å². The molecule has 0 unspecified atom stereocenters. The predicted molar refractivity (Wildman–Crippen MR) is 55.2 cm³/mol. The first-order valence-corrected chi connectivity index (χ1v) is 5.34. The molecule has 0 aliphatic rings. The van der Waals surface area contributed by atoms with Gasteiger partial charge in [0.15, 0.2) is 11.6 Å². The molecule has 2 nitrogen and oxygen atoms in total. The summed E-state index contributed by atoms with van der Waals surface area (Å²) in [7, 11) is 1.20. The van der Waals surface area contributed by atoms with E-state index in [-0.39, 0.29) is 5.56 Å². The molecule has 0 amide bonds. The Bertz CT molecular complexity index is 380. The molecule has 15 heavy (non-hydrogen) atoms. The maximum absolute atomic E-state index is 12.9. The van der Waals surface area contributed by atoms with Crippen LogP contribution in [0.5, 0.6) is 0 Å². The Kier molecular flexibility index (Phi) is 4.20. The third kappa shape index (κ3) is 2.75. The summed E-state index contributed by atoms with van der Waals surface area (Å²) in [6, 6.07) is 1.88. The average molecular weight is 279 g/mol. The van der Waals surface area contributed by atoms with Crippen molar-refractivity contribution < 1.29 is 18.3 Å². The van der Waals surface area contributed by atoms with Gasteiger partial charge in [-0.15, -0.1) is 0 Å². The van der Waals surface area contributed by atoms with Crippen LogP contribution >= 0.6 is 15.9 Å². The van der Waals surface area contributed by atoms with Crippen LogP contribution in [0.3, 0.4) is 0 Å². The van der Waals surface area contributed by atoms with Gasteiger partial charge in [-0.25, -0.2) is 13.6 Å². The zero-order valence-corrected chi connectivity index (χ0v) is 9.61. The van der Waals surface area contributed by atoms with Crippen molar-refractivity contribution in [1.29, 1.82) is 0 Å². The SMILES string of the molecule is COC(=O)c1cc(F)c(F)cc1CCBr. The third-order valence-electron chi connectivity index (χ3n) is 1.92. The number of hydrogen-bond donors (Lipinski definition) is 0. The van der Waals surface area contributed by atoms with E-state index in [0.717, 1.165) is 12.1 Å². The normalized spacial score (nSPS) is 10.1.